The molecule has 5 rings (SSSR count). The van der Waals surface area contributed by atoms with Crippen LogP contribution in [-0.4, -0.2) is 45.0 Å². The number of nitrogens with one attached hydrogen (secondary N) is 1. The smallest absolute Gasteiger partial charge is 0.276 e. The molecule has 0 saturated carbocycles. The van der Waals surface area contributed by atoms with Gasteiger partial charge in [-0.2, -0.15) is 10.2 Å². The molecule has 1 aliphatic heterocycles. The molecule has 0 aliphatic carbocycles. The van der Waals surface area contributed by atoms with Crippen molar-refractivity contribution < 1.29 is 13.2 Å². The van der Waals surface area contributed by atoms with Gasteiger partial charge in [-0.3, -0.25) is 14.9 Å². The van der Waals surface area contributed by atoms with E-state index in [9.17, 15) is 13.2 Å². The minimum atomic E-state index is -3.83. The number of aromatic nitrogens is 6. The van der Waals surface area contributed by atoms with Crippen molar-refractivity contribution in [1.29, 1.82) is 0 Å². The first-order chi connectivity index (χ1) is 14.0. The number of hydrogen-bond acceptors (Lipinski definition) is 8. The predicted octanol–water partition coefficient (Wildman–Crippen LogP) is 0.726. The van der Waals surface area contributed by atoms with Crippen molar-refractivity contribution in [2.45, 2.75) is 22.9 Å². The van der Waals surface area contributed by atoms with Crippen molar-refractivity contribution in [2.24, 2.45) is 0 Å². The number of fused-ring (bicyclic) bond motifs is 2. The average Bonchev–Trinajstić information content (AvgIpc) is 3.41. The number of rotatable bonds is 4. The number of ether oxygens (including phenoxy) is 1. The summed E-state index contributed by atoms with van der Waals surface area (Å²) in [6.07, 6.45) is 5.91. The molecule has 4 aromatic heterocycles. The molecule has 4 aromatic rings. The SMILES string of the molecule is O=c1c2cnc(S(=O)(=O)c3cn[nH]c3)cc2cnn1Cc1ccc2c(n1)CCO2. The van der Waals surface area contributed by atoms with Crippen LogP contribution in [-0.2, 0) is 22.8 Å². The summed E-state index contributed by atoms with van der Waals surface area (Å²) in [6, 6.07) is 4.97. The van der Waals surface area contributed by atoms with Crippen LogP contribution in [0.15, 0.2) is 57.7 Å². The van der Waals surface area contributed by atoms with Gasteiger partial charge in [-0.1, -0.05) is 0 Å². The van der Waals surface area contributed by atoms with E-state index in [0.29, 0.717) is 17.7 Å². The molecule has 146 valence electrons. The summed E-state index contributed by atoms with van der Waals surface area (Å²) >= 11 is 0. The molecule has 0 aromatic carbocycles. The quantitative estimate of drug-likeness (QED) is 0.520. The summed E-state index contributed by atoms with van der Waals surface area (Å²) in [5.74, 6) is 0.767. The largest absolute Gasteiger partial charge is 0.491 e. The molecule has 0 unspecified atom stereocenters. The second-order valence-electron chi connectivity index (χ2n) is 6.50. The summed E-state index contributed by atoms with van der Waals surface area (Å²) in [4.78, 5) is 21.3. The number of H-pyrrole nitrogens is 1. The lowest BCUT2D eigenvalue weighted by Gasteiger charge is -2.08. The van der Waals surface area contributed by atoms with E-state index in [-0.39, 0.29) is 27.4 Å². The monoisotopic (exact) mass is 410 g/mol. The van der Waals surface area contributed by atoms with Gasteiger partial charge in [-0.05, 0) is 18.2 Å². The van der Waals surface area contributed by atoms with E-state index in [1.165, 1.54) is 35.5 Å². The van der Waals surface area contributed by atoms with Gasteiger partial charge in [0.05, 0.1) is 42.3 Å². The Kier molecular flexibility index (Phi) is 3.91. The molecule has 0 fully saturated rings. The van der Waals surface area contributed by atoms with E-state index in [1.807, 2.05) is 6.07 Å². The number of nitrogens with zero attached hydrogens (tertiary/aromatic N) is 5. The molecule has 29 heavy (non-hydrogen) atoms. The predicted molar refractivity (Wildman–Crippen MR) is 100 cm³/mol. The molecule has 11 heteroatoms. The summed E-state index contributed by atoms with van der Waals surface area (Å²) in [7, 11) is -3.83. The van der Waals surface area contributed by atoms with Crippen LogP contribution in [0.3, 0.4) is 0 Å². The molecule has 0 atom stereocenters. The van der Waals surface area contributed by atoms with Crippen LogP contribution < -0.4 is 10.3 Å². The fraction of sp³-hybridized carbons (Fsp3) is 0.167. The Bertz CT molecular complexity index is 1400. The molecule has 1 N–H and O–H groups in total. The Morgan fingerprint density at radius 3 is 2.93 bits per heavy atom. The second kappa shape index (κ2) is 6.48. The van der Waals surface area contributed by atoms with E-state index < -0.39 is 9.84 Å². The lowest BCUT2D eigenvalue weighted by atomic mass is 10.2. The molecule has 5 heterocycles. The minimum absolute atomic E-state index is 0.00249. The van der Waals surface area contributed by atoms with Gasteiger partial charge in [0.25, 0.3) is 5.56 Å². The summed E-state index contributed by atoms with van der Waals surface area (Å²) in [5.41, 5.74) is 1.18. The zero-order valence-electron chi connectivity index (χ0n) is 14.9. The fourth-order valence-corrected chi connectivity index (χ4v) is 4.28. The molecule has 0 saturated heterocycles. The van der Waals surface area contributed by atoms with Gasteiger partial charge in [-0.15, -0.1) is 0 Å². The number of aromatic amines is 1. The van der Waals surface area contributed by atoms with Crippen LogP contribution in [0, 0.1) is 0 Å². The van der Waals surface area contributed by atoms with Crippen molar-refractivity contribution in [3.63, 3.8) is 0 Å². The molecule has 0 bridgehead atoms. The van der Waals surface area contributed by atoms with Gasteiger partial charge in [0.2, 0.25) is 9.84 Å². The van der Waals surface area contributed by atoms with E-state index in [1.54, 1.807) is 6.07 Å². The number of hydrogen-bond donors (Lipinski definition) is 1. The molecular weight excluding hydrogens is 396 g/mol. The van der Waals surface area contributed by atoms with Crippen LogP contribution in [0.5, 0.6) is 5.75 Å². The number of sulfone groups is 1. The van der Waals surface area contributed by atoms with Crippen molar-refractivity contribution in [3.05, 3.63) is 64.7 Å². The third-order valence-corrected chi connectivity index (χ3v) is 6.29. The van der Waals surface area contributed by atoms with Gasteiger partial charge in [0, 0.05) is 24.2 Å². The Morgan fingerprint density at radius 2 is 2.10 bits per heavy atom. The molecular formula is C18H14N6O4S. The normalized spacial score (nSPS) is 13.4. The first-order valence-electron chi connectivity index (χ1n) is 8.74. The topological polar surface area (TPSA) is 133 Å². The highest BCUT2D eigenvalue weighted by Gasteiger charge is 2.21. The lowest BCUT2D eigenvalue weighted by Crippen LogP contribution is -2.24. The highest BCUT2D eigenvalue weighted by molar-refractivity contribution is 7.91. The van der Waals surface area contributed by atoms with Crippen LogP contribution in [0.1, 0.15) is 11.4 Å². The van der Waals surface area contributed by atoms with Gasteiger partial charge in [0.1, 0.15) is 10.6 Å². The standard InChI is InChI=1S/C18H14N6O4S/c25-18-14-9-19-17(29(26,27)13-7-20-21-8-13)5-11(14)6-22-24(18)10-12-1-2-16-15(23-12)3-4-28-16/h1-2,5-9H,3-4,10H2,(H,20,21). The van der Waals surface area contributed by atoms with Crippen LogP contribution in [0.2, 0.25) is 0 Å². The van der Waals surface area contributed by atoms with Gasteiger partial charge in [0.15, 0.2) is 5.03 Å². The van der Waals surface area contributed by atoms with Crippen LogP contribution in [0.4, 0.5) is 0 Å². The molecule has 0 amide bonds. The van der Waals surface area contributed by atoms with Crippen molar-refractivity contribution in [1.82, 2.24) is 29.9 Å². The van der Waals surface area contributed by atoms with Gasteiger partial charge in [-0.25, -0.2) is 18.1 Å². The number of pyridine rings is 2. The minimum Gasteiger partial charge on any atom is -0.491 e. The van der Waals surface area contributed by atoms with Gasteiger partial charge < -0.3 is 4.74 Å². The van der Waals surface area contributed by atoms with E-state index in [0.717, 1.165) is 17.9 Å². The molecule has 10 nitrogen and oxygen atoms in total. The second-order valence-corrected chi connectivity index (χ2v) is 8.40. The van der Waals surface area contributed by atoms with Crippen LogP contribution >= 0.6 is 0 Å². The Labute approximate surface area is 164 Å². The fourth-order valence-electron chi connectivity index (χ4n) is 3.17. The Balaban J connectivity index is 1.52. The Morgan fingerprint density at radius 1 is 1.21 bits per heavy atom. The van der Waals surface area contributed by atoms with Crippen molar-refractivity contribution in [2.75, 3.05) is 6.61 Å². The van der Waals surface area contributed by atoms with Crippen molar-refractivity contribution >= 4 is 20.6 Å². The van der Waals surface area contributed by atoms with Gasteiger partial charge >= 0.3 is 0 Å². The first kappa shape index (κ1) is 17.5. The third kappa shape index (κ3) is 2.95. The van der Waals surface area contributed by atoms with Crippen molar-refractivity contribution in [3.8, 4) is 5.75 Å². The van der Waals surface area contributed by atoms with E-state index in [4.69, 9.17) is 4.74 Å². The summed E-state index contributed by atoms with van der Waals surface area (Å²) in [6.45, 7) is 0.798. The third-order valence-electron chi connectivity index (χ3n) is 4.67. The van der Waals surface area contributed by atoms with E-state index in [2.05, 4.69) is 25.3 Å². The highest BCUT2D eigenvalue weighted by atomic mass is 32.2. The maximum absolute atomic E-state index is 12.8. The average molecular weight is 410 g/mol. The Hall–Kier alpha value is -3.60. The molecule has 0 radical (unpaired) electrons. The van der Waals surface area contributed by atoms with Crippen LogP contribution in [0.25, 0.3) is 10.8 Å². The molecule has 1 aliphatic rings. The molecule has 0 spiro atoms. The maximum Gasteiger partial charge on any atom is 0.276 e. The summed E-state index contributed by atoms with van der Waals surface area (Å²) < 4.78 is 31.9. The van der Waals surface area contributed by atoms with E-state index >= 15 is 0 Å². The highest BCUT2D eigenvalue weighted by Crippen LogP contribution is 2.23. The maximum atomic E-state index is 12.8. The lowest BCUT2D eigenvalue weighted by molar-refractivity contribution is 0.356. The zero-order valence-corrected chi connectivity index (χ0v) is 15.8. The summed E-state index contributed by atoms with van der Waals surface area (Å²) in [5, 5.41) is 10.8. The first-order valence-corrected chi connectivity index (χ1v) is 10.2. The zero-order chi connectivity index (χ0) is 20.0.